The highest BCUT2D eigenvalue weighted by atomic mass is 16.7. The summed E-state index contributed by atoms with van der Waals surface area (Å²) in [6.45, 7) is -3.98. The maximum absolute atomic E-state index is 13.1. The van der Waals surface area contributed by atoms with Gasteiger partial charge >= 0.3 is 11.9 Å². The van der Waals surface area contributed by atoms with Crippen LogP contribution in [0.2, 0.25) is 0 Å². The van der Waals surface area contributed by atoms with Gasteiger partial charge < -0.3 is 169 Å². The normalized spacial score (nSPS) is 36.2. The van der Waals surface area contributed by atoms with Gasteiger partial charge in [-0.2, -0.15) is 0 Å². The van der Waals surface area contributed by atoms with Gasteiger partial charge in [0.05, 0.1) is 25.4 Å². The SMILES string of the molecule is O=C(/C=C/c1ccc(O[C@@H]2O[C@H](CO)[C@@H](O)[C@H](O)[C@H]2O)cc1)OC[C@@H]1O[C@@H](Oc2cc(C3Oc4cc(O)cc(O)c4C=C3O[C@@H]3O[C@H](CO)[C@@H](O)[C@H](O)[C@H]3O)cc(O[C@@H]3O[C@@H](COC(=O)/C=C/c4ccc(O[C@@H]5O[C@H](CO)[C@@H](O)[C@H](O)[C@H]5O)cc4)[C@@H](O)[C@H](O)[C@@H]3O)c2O)[C@@H](O)[C@@H](O)[C@@H]1O. The Balaban J connectivity index is 0.875. The smallest absolute Gasteiger partial charge is 0.330 e. The Morgan fingerprint density at radius 2 is 0.747 bits per heavy atom. The lowest BCUT2D eigenvalue weighted by Crippen LogP contribution is -2.60. The van der Waals surface area contributed by atoms with Crippen molar-refractivity contribution in [3.05, 3.63) is 113 Å². The van der Waals surface area contributed by atoms with Gasteiger partial charge in [-0.1, -0.05) is 24.3 Å². The molecule has 0 aromatic heterocycles. The van der Waals surface area contributed by atoms with Crippen LogP contribution < -0.4 is 23.7 Å². The first kappa shape index (κ1) is 74.0. The number of rotatable bonds is 22. The van der Waals surface area contributed by atoms with Gasteiger partial charge in [-0.05, 0) is 65.8 Å². The lowest BCUT2D eigenvalue weighted by molar-refractivity contribution is -0.293. The second-order valence-corrected chi connectivity index (χ2v) is 23.6. The first-order valence-corrected chi connectivity index (χ1v) is 30.5. The molecule has 0 aliphatic carbocycles. The van der Waals surface area contributed by atoms with E-state index in [9.17, 15) is 117 Å². The number of aromatic hydroxyl groups is 3. The van der Waals surface area contributed by atoms with Crippen LogP contribution in [0.5, 0.6) is 46.0 Å². The Labute approximate surface area is 558 Å². The molecule has 21 N–H and O–H groups in total. The Bertz CT molecular complexity index is 3310. The van der Waals surface area contributed by atoms with Crippen LogP contribution in [0, 0.1) is 0 Å². The maximum atomic E-state index is 13.1. The van der Waals surface area contributed by atoms with E-state index in [0.717, 1.165) is 42.5 Å². The van der Waals surface area contributed by atoms with Crippen molar-refractivity contribution in [1.82, 2.24) is 0 Å². The average Bonchev–Trinajstić information content (AvgIpc) is 0.763. The topological polar surface area (TPSA) is 579 Å². The van der Waals surface area contributed by atoms with Crippen LogP contribution in [0.4, 0.5) is 0 Å². The summed E-state index contributed by atoms with van der Waals surface area (Å²) in [6.07, 6.45) is -41.6. The van der Waals surface area contributed by atoms with Crippen LogP contribution in [0.1, 0.15) is 28.4 Å². The first-order valence-electron chi connectivity index (χ1n) is 30.5. The molecule has 26 atom stereocenters. The molecule has 36 nitrogen and oxygen atoms in total. The van der Waals surface area contributed by atoms with Crippen LogP contribution in [-0.2, 0) is 47.5 Å². The molecule has 0 saturated carbocycles. The molecule has 5 saturated heterocycles. The monoisotopic (exact) mass is 1410 g/mol. The number of carbonyl (C=O) groups is 2. The number of benzene rings is 4. The summed E-state index contributed by atoms with van der Waals surface area (Å²) in [5.41, 5.74) is 0.273. The van der Waals surface area contributed by atoms with E-state index in [1.54, 1.807) is 0 Å². The zero-order chi connectivity index (χ0) is 71.4. The molecule has 6 aliphatic rings. The second kappa shape index (κ2) is 31.9. The number of aliphatic hydroxyl groups excluding tert-OH is 18. The zero-order valence-corrected chi connectivity index (χ0v) is 51.4. The highest BCUT2D eigenvalue weighted by molar-refractivity contribution is 5.87. The lowest BCUT2D eigenvalue weighted by Gasteiger charge is -2.41. The van der Waals surface area contributed by atoms with Crippen LogP contribution in [0.25, 0.3) is 18.2 Å². The molecule has 99 heavy (non-hydrogen) atoms. The van der Waals surface area contributed by atoms with Crippen molar-refractivity contribution < 1.29 is 178 Å². The third kappa shape index (κ3) is 16.6. The number of esters is 2. The Morgan fingerprint density at radius 3 is 1.12 bits per heavy atom. The molecule has 4 aromatic carbocycles. The van der Waals surface area contributed by atoms with Gasteiger partial charge in [0.25, 0.3) is 0 Å². The molecule has 5 fully saturated rings. The maximum Gasteiger partial charge on any atom is 0.330 e. The minimum atomic E-state index is -2.22. The van der Waals surface area contributed by atoms with E-state index >= 15 is 0 Å². The number of aliphatic hydroxyl groups is 18. The number of hydrogen-bond acceptors (Lipinski definition) is 36. The van der Waals surface area contributed by atoms with Crippen LogP contribution >= 0.6 is 0 Å². The molecular weight excluding hydrogens is 1330 g/mol. The summed E-state index contributed by atoms with van der Waals surface area (Å²) in [5, 5.41) is 223. The highest BCUT2D eigenvalue weighted by Crippen LogP contribution is 2.49. The fourth-order valence-electron chi connectivity index (χ4n) is 11.0. The van der Waals surface area contributed by atoms with E-state index in [4.69, 9.17) is 61.6 Å². The average molecular weight is 1410 g/mol. The third-order valence-corrected chi connectivity index (χ3v) is 16.7. The van der Waals surface area contributed by atoms with E-state index in [2.05, 4.69) is 0 Å². The predicted molar refractivity (Wildman–Crippen MR) is 320 cm³/mol. The fourth-order valence-corrected chi connectivity index (χ4v) is 11.0. The van der Waals surface area contributed by atoms with Crippen molar-refractivity contribution in [2.75, 3.05) is 33.0 Å². The van der Waals surface area contributed by atoms with Gasteiger partial charge in [0, 0.05) is 29.8 Å². The number of hydrogen-bond donors (Lipinski definition) is 21. The van der Waals surface area contributed by atoms with Gasteiger partial charge in [0.15, 0.2) is 17.6 Å². The summed E-state index contributed by atoms with van der Waals surface area (Å²) < 4.78 is 74.0. The number of fused-ring (bicyclic) bond motifs is 1. The van der Waals surface area contributed by atoms with Crippen molar-refractivity contribution in [1.29, 1.82) is 0 Å². The van der Waals surface area contributed by atoms with Gasteiger partial charge in [-0.15, -0.1) is 0 Å². The molecular formula is C63H74O36. The van der Waals surface area contributed by atoms with Crippen LogP contribution in [0.15, 0.2) is 90.7 Å². The number of ether oxygens (including phenoxy) is 13. The molecule has 6 heterocycles. The molecule has 0 radical (unpaired) electrons. The molecule has 36 heteroatoms. The largest absolute Gasteiger partial charge is 0.508 e. The predicted octanol–water partition coefficient (Wildman–Crippen LogP) is -6.66. The zero-order valence-electron chi connectivity index (χ0n) is 51.4. The van der Waals surface area contributed by atoms with E-state index in [0.29, 0.717) is 11.1 Å². The summed E-state index contributed by atoms with van der Waals surface area (Å²) in [6, 6.07) is 15.3. The minimum absolute atomic E-state index is 0.106. The van der Waals surface area contributed by atoms with Gasteiger partial charge in [-0.3, -0.25) is 0 Å². The number of carbonyl (C=O) groups excluding carboxylic acids is 2. The summed E-state index contributed by atoms with van der Waals surface area (Å²) in [4.78, 5) is 26.1. The standard InChI is InChI=1S/C63H74O36/c64-18-35-43(72)48(77)53(82)59(95-35)89-27-7-1-23(2-8-27)5-11-40(69)87-21-38-46(75)51(80)56(85)61(98-38)92-32-13-25(58-34(17-29-30(68)15-26(67)16-31(29)91-58)94-63-55(84)50(79)45(74)37(20-66)97-63)14-33(42(32)71)93-62-57(86)52(81)47(76)39(99-62)22-88-41(70)12-6-24-3-9-28(10-4-24)90-60-54(83)49(78)44(73)36(19-65)96-60/h1-17,35-39,43-68,71-86H,18-22H2/b11-5+,12-6+/t35-,36-,37-,38+,39+,43-,44-,45-,46-,47-,48+,49+,50+,51+,52+,53-,54-,55-,56+,57+,58?,59-,60-,61-,62-,63-/m1/s1. The van der Waals surface area contributed by atoms with Crippen molar-refractivity contribution in [3.8, 4) is 46.0 Å². The van der Waals surface area contributed by atoms with E-state index in [1.807, 2.05) is 0 Å². The second-order valence-electron chi connectivity index (χ2n) is 23.6. The Hall–Kier alpha value is -7.68. The molecule has 0 spiro atoms. The van der Waals surface area contributed by atoms with Crippen molar-refractivity contribution in [2.24, 2.45) is 0 Å². The van der Waals surface area contributed by atoms with Crippen molar-refractivity contribution >= 4 is 30.2 Å². The molecule has 0 amide bonds. The summed E-state index contributed by atoms with van der Waals surface area (Å²) >= 11 is 0. The van der Waals surface area contributed by atoms with Crippen LogP contribution in [0.3, 0.4) is 0 Å². The highest BCUT2D eigenvalue weighted by Gasteiger charge is 2.51. The van der Waals surface area contributed by atoms with E-state index in [-0.39, 0.29) is 28.4 Å². The fraction of sp³-hybridized carbons (Fsp3) is 0.492. The Morgan fingerprint density at radius 1 is 0.404 bits per heavy atom. The molecule has 1 unspecified atom stereocenters. The molecule has 542 valence electrons. The first-order chi connectivity index (χ1) is 47.2. The summed E-state index contributed by atoms with van der Waals surface area (Å²) in [7, 11) is 0. The Kier molecular flexibility index (Phi) is 23.8. The molecule has 0 bridgehead atoms. The van der Waals surface area contributed by atoms with Gasteiger partial charge in [-0.25, -0.2) is 9.59 Å². The van der Waals surface area contributed by atoms with Gasteiger partial charge in [0.2, 0.25) is 37.2 Å². The number of phenolic OH excluding ortho intramolecular Hbond substituents is 3. The van der Waals surface area contributed by atoms with E-state index in [1.165, 1.54) is 60.7 Å². The minimum Gasteiger partial charge on any atom is -0.508 e. The van der Waals surface area contributed by atoms with Gasteiger partial charge in [0.1, 0.15) is 170 Å². The molecule has 6 aliphatic heterocycles. The number of phenols is 3. The molecule has 4 aromatic rings. The summed E-state index contributed by atoms with van der Waals surface area (Å²) in [5.74, 6) is -6.46. The lowest BCUT2D eigenvalue weighted by atomic mass is 9.98. The third-order valence-electron chi connectivity index (χ3n) is 16.7. The van der Waals surface area contributed by atoms with Crippen LogP contribution in [-0.4, -0.2) is 306 Å². The van der Waals surface area contributed by atoms with Crippen molar-refractivity contribution in [3.63, 3.8) is 0 Å². The van der Waals surface area contributed by atoms with E-state index < -0.39 is 239 Å². The quantitative estimate of drug-likeness (QED) is 0.0257. The van der Waals surface area contributed by atoms with Crippen molar-refractivity contribution in [2.45, 2.75) is 160 Å². The molecule has 10 rings (SSSR count).